The number of benzene rings is 2. The first-order chi connectivity index (χ1) is 11.6. The van der Waals surface area contributed by atoms with Crippen molar-refractivity contribution in [2.45, 2.75) is 39.5 Å². The molecule has 0 atom stereocenters. The summed E-state index contributed by atoms with van der Waals surface area (Å²) in [5.74, 6) is -0.0473. The van der Waals surface area contributed by atoms with E-state index in [1.54, 1.807) is 6.07 Å². The predicted octanol–water partition coefficient (Wildman–Crippen LogP) is 4.30. The van der Waals surface area contributed by atoms with E-state index in [-0.39, 0.29) is 11.8 Å². The molecule has 0 saturated carbocycles. The number of aryl methyl sites for hydroxylation is 2. The Labute approximate surface area is 143 Å². The van der Waals surface area contributed by atoms with Gasteiger partial charge in [-0.1, -0.05) is 42.8 Å². The van der Waals surface area contributed by atoms with Gasteiger partial charge in [0.1, 0.15) is 0 Å². The first-order valence-corrected chi connectivity index (χ1v) is 8.32. The Kier molecular flexibility index (Phi) is 6.55. The Morgan fingerprint density at radius 2 is 1.50 bits per heavy atom. The Morgan fingerprint density at radius 3 is 2.12 bits per heavy atom. The van der Waals surface area contributed by atoms with Gasteiger partial charge in [-0.05, 0) is 43.5 Å². The molecule has 126 valence electrons. The van der Waals surface area contributed by atoms with Gasteiger partial charge in [-0.2, -0.15) is 0 Å². The molecule has 2 aromatic rings. The van der Waals surface area contributed by atoms with Crippen LogP contribution in [0.5, 0.6) is 0 Å². The maximum atomic E-state index is 12.1. The number of hydrogen-bond donors (Lipinski definition) is 2. The second-order valence-corrected chi connectivity index (χ2v) is 5.92. The van der Waals surface area contributed by atoms with Crippen LogP contribution in [0.3, 0.4) is 0 Å². The van der Waals surface area contributed by atoms with Crippen molar-refractivity contribution < 1.29 is 9.59 Å². The molecule has 0 spiro atoms. The van der Waals surface area contributed by atoms with Crippen molar-refractivity contribution in [3.05, 3.63) is 59.7 Å². The quantitative estimate of drug-likeness (QED) is 0.797. The van der Waals surface area contributed by atoms with Gasteiger partial charge < -0.3 is 10.6 Å². The topological polar surface area (TPSA) is 58.2 Å². The first kappa shape index (κ1) is 17.7. The lowest BCUT2D eigenvalue weighted by molar-refractivity contribution is -0.117. The lowest BCUT2D eigenvalue weighted by Crippen LogP contribution is -2.13. The SMILES string of the molecule is CCCC(=O)Nc1cccc(NC(=O)CCc2cccc(C)c2)c1. The molecule has 0 bridgehead atoms. The van der Waals surface area contributed by atoms with E-state index in [1.807, 2.05) is 50.2 Å². The highest BCUT2D eigenvalue weighted by Crippen LogP contribution is 2.16. The van der Waals surface area contributed by atoms with Crippen LogP contribution in [0.2, 0.25) is 0 Å². The zero-order valence-electron chi connectivity index (χ0n) is 14.3. The predicted molar refractivity (Wildman–Crippen MR) is 98.1 cm³/mol. The third-order valence-electron chi connectivity index (χ3n) is 3.63. The molecule has 4 heteroatoms. The van der Waals surface area contributed by atoms with Crippen molar-refractivity contribution in [1.29, 1.82) is 0 Å². The van der Waals surface area contributed by atoms with Gasteiger partial charge in [-0.3, -0.25) is 9.59 Å². The largest absolute Gasteiger partial charge is 0.326 e. The third-order valence-corrected chi connectivity index (χ3v) is 3.63. The van der Waals surface area contributed by atoms with Crippen LogP contribution in [-0.2, 0) is 16.0 Å². The van der Waals surface area contributed by atoms with Crippen LogP contribution < -0.4 is 10.6 Å². The van der Waals surface area contributed by atoms with Gasteiger partial charge in [-0.15, -0.1) is 0 Å². The van der Waals surface area contributed by atoms with E-state index in [1.165, 1.54) is 5.56 Å². The van der Waals surface area contributed by atoms with Crippen LogP contribution in [0.15, 0.2) is 48.5 Å². The summed E-state index contributed by atoms with van der Waals surface area (Å²) in [4.78, 5) is 23.7. The summed E-state index contributed by atoms with van der Waals surface area (Å²) in [6.45, 7) is 4.01. The second-order valence-electron chi connectivity index (χ2n) is 5.92. The molecule has 0 aliphatic heterocycles. The van der Waals surface area contributed by atoms with Gasteiger partial charge >= 0.3 is 0 Å². The van der Waals surface area contributed by atoms with E-state index in [0.717, 1.165) is 12.0 Å². The van der Waals surface area contributed by atoms with Gasteiger partial charge in [0, 0.05) is 24.2 Å². The van der Waals surface area contributed by atoms with Crippen molar-refractivity contribution in [3.8, 4) is 0 Å². The van der Waals surface area contributed by atoms with Crippen molar-refractivity contribution in [3.63, 3.8) is 0 Å². The average Bonchev–Trinajstić information content (AvgIpc) is 2.53. The van der Waals surface area contributed by atoms with E-state index in [4.69, 9.17) is 0 Å². The number of carbonyl (C=O) groups is 2. The molecule has 0 aliphatic carbocycles. The minimum Gasteiger partial charge on any atom is -0.326 e. The molecule has 0 radical (unpaired) electrons. The van der Waals surface area contributed by atoms with E-state index in [9.17, 15) is 9.59 Å². The summed E-state index contributed by atoms with van der Waals surface area (Å²) in [7, 11) is 0. The van der Waals surface area contributed by atoms with E-state index < -0.39 is 0 Å². The number of hydrogen-bond acceptors (Lipinski definition) is 2. The summed E-state index contributed by atoms with van der Waals surface area (Å²) in [5, 5.41) is 5.71. The Balaban J connectivity index is 1.88. The van der Waals surface area contributed by atoms with Crippen molar-refractivity contribution in [1.82, 2.24) is 0 Å². The Hall–Kier alpha value is -2.62. The molecule has 2 amide bonds. The molecule has 2 aromatic carbocycles. The van der Waals surface area contributed by atoms with Crippen LogP contribution in [0.25, 0.3) is 0 Å². The molecule has 2 N–H and O–H groups in total. The number of rotatable bonds is 7. The minimum absolute atomic E-state index is 0.0135. The van der Waals surface area contributed by atoms with E-state index in [0.29, 0.717) is 30.6 Å². The fraction of sp³-hybridized carbons (Fsp3) is 0.300. The molecule has 0 unspecified atom stereocenters. The smallest absolute Gasteiger partial charge is 0.224 e. The molecular formula is C20H24N2O2. The van der Waals surface area contributed by atoms with Gasteiger partial charge in [0.15, 0.2) is 0 Å². The molecule has 4 nitrogen and oxygen atoms in total. The zero-order chi connectivity index (χ0) is 17.4. The molecular weight excluding hydrogens is 300 g/mol. The maximum absolute atomic E-state index is 12.1. The summed E-state index contributed by atoms with van der Waals surface area (Å²) < 4.78 is 0. The first-order valence-electron chi connectivity index (χ1n) is 8.32. The molecule has 0 fully saturated rings. The average molecular weight is 324 g/mol. The molecule has 0 aromatic heterocycles. The number of amides is 2. The van der Waals surface area contributed by atoms with Crippen LogP contribution >= 0.6 is 0 Å². The summed E-state index contributed by atoms with van der Waals surface area (Å²) in [6.07, 6.45) is 2.44. The van der Waals surface area contributed by atoms with Crippen LogP contribution in [-0.4, -0.2) is 11.8 Å². The van der Waals surface area contributed by atoms with Crippen LogP contribution in [0.1, 0.15) is 37.3 Å². The molecule has 0 saturated heterocycles. The normalized spacial score (nSPS) is 10.2. The summed E-state index contributed by atoms with van der Waals surface area (Å²) >= 11 is 0. The fourth-order valence-electron chi connectivity index (χ4n) is 2.47. The number of nitrogens with one attached hydrogen (secondary N) is 2. The Morgan fingerprint density at radius 1 is 0.875 bits per heavy atom. The lowest BCUT2D eigenvalue weighted by Gasteiger charge is -2.09. The highest BCUT2D eigenvalue weighted by Gasteiger charge is 2.05. The number of carbonyl (C=O) groups excluding carboxylic acids is 2. The molecule has 0 aliphatic rings. The van der Waals surface area contributed by atoms with E-state index >= 15 is 0 Å². The highest BCUT2D eigenvalue weighted by atomic mass is 16.2. The summed E-state index contributed by atoms with van der Waals surface area (Å²) in [5.41, 5.74) is 3.75. The zero-order valence-corrected chi connectivity index (χ0v) is 14.3. The van der Waals surface area contributed by atoms with Crippen LogP contribution in [0.4, 0.5) is 11.4 Å². The van der Waals surface area contributed by atoms with Gasteiger partial charge in [0.2, 0.25) is 11.8 Å². The molecule has 24 heavy (non-hydrogen) atoms. The van der Waals surface area contributed by atoms with Crippen LogP contribution in [0, 0.1) is 6.92 Å². The summed E-state index contributed by atoms with van der Waals surface area (Å²) in [6, 6.07) is 15.4. The number of anilines is 2. The standard InChI is InChI=1S/C20H24N2O2/c1-3-6-19(23)21-17-9-5-10-18(14-17)22-20(24)12-11-16-8-4-7-15(2)13-16/h4-5,7-10,13-14H,3,6,11-12H2,1-2H3,(H,21,23)(H,22,24). The Bertz CT molecular complexity index is 710. The van der Waals surface area contributed by atoms with Gasteiger partial charge in [-0.25, -0.2) is 0 Å². The fourth-order valence-corrected chi connectivity index (χ4v) is 2.47. The van der Waals surface area contributed by atoms with Gasteiger partial charge in [0.25, 0.3) is 0 Å². The maximum Gasteiger partial charge on any atom is 0.224 e. The lowest BCUT2D eigenvalue weighted by atomic mass is 10.1. The van der Waals surface area contributed by atoms with Crippen molar-refractivity contribution >= 4 is 23.2 Å². The van der Waals surface area contributed by atoms with Crippen molar-refractivity contribution in [2.24, 2.45) is 0 Å². The minimum atomic E-state index is -0.0338. The molecule has 0 heterocycles. The third kappa shape index (κ3) is 5.88. The van der Waals surface area contributed by atoms with Crippen molar-refractivity contribution in [2.75, 3.05) is 10.6 Å². The highest BCUT2D eigenvalue weighted by molar-refractivity contribution is 5.94. The monoisotopic (exact) mass is 324 g/mol. The second kappa shape index (κ2) is 8.87. The molecule has 2 rings (SSSR count). The van der Waals surface area contributed by atoms with E-state index in [2.05, 4.69) is 16.7 Å². The van der Waals surface area contributed by atoms with Gasteiger partial charge in [0.05, 0.1) is 0 Å².